The molecule has 0 aliphatic rings. The summed E-state index contributed by atoms with van der Waals surface area (Å²) in [6, 6.07) is 18.9. The molecule has 3 aromatic carbocycles. The van der Waals surface area contributed by atoms with E-state index in [0.29, 0.717) is 17.9 Å². The molecule has 0 saturated carbocycles. The molecule has 3 aromatic rings. The lowest BCUT2D eigenvalue weighted by atomic mass is 10.1. The molecule has 0 aromatic heterocycles. The van der Waals surface area contributed by atoms with Gasteiger partial charge in [-0.3, -0.25) is 15.6 Å². The van der Waals surface area contributed by atoms with E-state index in [2.05, 4.69) is 24.7 Å². The SMILES string of the molecule is CCCCCCCCCCC(Oc1ccc(S(=O)(=O)c2ccc(O)cc2)cc1)C(=O)NNc1ccc(OC(C)CCC)cc1. The highest BCUT2D eigenvalue weighted by Gasteiger charge is 2.22. The number of phenolic OH excluding ortho intramolecular Hbond substituents is 1. The van der Waals surface area contributed by atoms with Crippen molar-refractivity contribution >= 4 is 21.4 Å². The summed E-state index contributed by atoms with van der Waals surface area (Å²) in [5.41, 5.74) is 6.44. The Balaban J connectivity index is 1.62. The molecule has 0 heterocycles. The topological polar surface area (TPSA) is 114 Å². The van der Waals surface area contributed by atoms with Crippen molar-refractivity contribution in [2.24, 2.45) is 0 Å². The third-order valence-electron chi connectivity index (χ3n) is 7.39. The Kier molecular flexibility index (Phi) is 14.4. The number of sulfone groups is 1. The minimum absolute atomic E-state index is 0.00827. The number of nitrogens with one attached hydrogen (secondary N) is 2. The van der Waals surface area contributed by atoms with Gasteiger partial charge in [-0.05, 0) is 99.0 Å². The van der Waals surface area contributed by atoms with Crippen LogP contribution in [0, 0.1) is 0 Å². The number of carbonyl (C=O) groups is 1. The highest BCUT2D eigenvalue weighted by Crippen LogP contribution is 2.26. The molecule has 9 heteroatoms. The number of aromatic hydroxyl groups is 1. The molecule has 0 fully saturated rings. The number of rotatable bonds is 20. The molecule has 0 bridgehead atoms. The Hall–Kier alpha value is -3.72. The summed E-state index contributed by atoms with van der Waals surface area (Å²) < 4.78 is 38.0. The molecule has 8 nitrogen and oxygen atoms in total. The van der Waals surface area contributed by atoms with E-state index < -0.39 is 15.9 Å². The number of carbonyl (C=O) groups excluding carboxylic acids is 1. The largest absolute Gasteiger partial charge is 0.508 e. The van der Waals surface area contributed by atoms with Crippen molar-refractivity contribution in [3.63, 3.8) is 0 Å². The number of phenols is 1. The number of amides is 1. The minimum atomic E-state index is -3.76. The summed E-state index contributed by atoms with van der Waals surface area (Å²) >= 11 is 0. The smallest absolute Gasteiger partial charge is 0.279 e. The Labute approximate surface area is 263 Å². The van der Waals surface area contributed by atoms with Crippen LogP contribution in [0.25, 0.3) is 0 Å². The predicted molar refractivity (Wildman–Crippen MR) is 175 cm³/mol. The fraction of sp³-hybridized carbons (Fsp3) is 0.457. The fourth-order valence-electron chi connectivity index (χ4n) is 4.86. The molecule has 44 heavy (non-hydrogen) atoms. The molecule has 3 rings (SSSR count). The van der Waals surface area contributed by atoms with E-state index >= 15 is 0 Å². The lowest BCUT2D eigenvalue weighted by Crippen LogP contribution is -2.41. The summed E-state index contributed by atoms with van der Waals surface area (Å²) in [6.45, 7) is 6.38. The van der Waals surface area contributed by atoms with E-state index in [1.807, 2.05) is 31.2 Å². The molecular formula is C35H48N2O6S. The van der Waals surface area contributed by atoms with Gasteiger partial charge in [-0.25, -0.2) is 8.42 Å². The van der Waals surface area contributed by atoms with Gasteiger partial charge in [0.1, 0.15) is 17.2 Å². The molecule has 240 valence electrons. The van der Waals surface area contributed by atoms with E-state index in [1.54, 1.807) is 12.1 Å². The number of unbranched alkanes of at least 4 members (excludes halogenated alkanes) is 7. The highest BCUT2D eigenvalue weighted by molar-refractivity contribution is 7.91. The van der Waals surface area contributed by atoms with Crippen molar-refractivity contribution in [3.8, 4) is 17.2 Å². The maximum absolute atomic E-state index is 13.2. The van der Waals surface area contributed by atoms with Gasteiger partial charge < -0.3 is 14.6 Å². The Morgan fingerprint density at radius 1 is 0.705 bits per heavy atom. The Morgan fingerprint density at radius 2 is 1.23 bits per heavy atom. The monoisotopic (exact) mass is 624 g/mol. The number of benzene rings is 3. The third-order valence-corrected chi connectivity index (χ3v) is 9.17. The molecule has 0 saturated heterocycles. The van der Waals surface area contributed by atoms with Crippen LogP contribution in [0.2, 0.25) is 0 Å². The van der Waals surface area contributed by atoms with Gasteiger partial charge in [0.2, 0.25) is 9.84 Å². The maximum Gasteiger partial charge on any atom is 0.279 e. The van der Waals surface area contributed by atoms with Crippen molar-refractivity contribution in [2.75, 3.05) is 5.43 Å². The van der Waals surface area contributed by atoms with Crippen LogP contribution in [-0.4, -0.2) is 31.6 Å². The number of hydrazine groups is 1. The van der Waals surface area contributed by atoms with Gasteiger partial charge in [0.25, 0.3) is 5.91 Å². The second kappa shape index (κ2) is 18.2. The summed E-state index contributed by atoms with van der Waals surface area (Å²) in [5.74, 6) is 0.850. The van der Waals surface area contributed by atoms with Crippen molar-refractivity contribution in [1.82, 2.24) is 5.43 Å². The van der Waals surface area contributed by atoms with Gasteiger partial charge in [-0.1, -0.05) is 65.2 Å². The van der Waals surface area contributed by atoms with Gasteiger partial charge in [0.05, 0.1) is 21.6 Å². The van der Waals surface area contributed by atoms with Crippen LogP contribution < -0.4 is 20.3 Å². The molecule has 1 amide bonds. The van der Waals surface area contributed by atoms with Gasteiger partial charge >= 0.3 is 0 Å². The molecule has 0 radical (unpaired) electrons. The van der Waals surface area contributed by atoms with Crippen molar-refractivity contribution in [1.29, 1.82) is 0 Å². The quantitative estimate of drug-likeness (QED) is 0.0857. The van der Waals surface area contributed by atoms with Crippen LogP contribution in [0.5, 0.6) is 17.2 Å². The zero-order valence-corrected chi connectivity index (χ0v) is 27.1. The Morgan fingerprint density at radius 3 is 1.82 bits per heavy atom. The van der Waals surface area contributed by atoms with Gasteiger partial charge in [0, 0.05) is 0 Å². The second-order valence-electron chi connectivity index (χ2n) is 11.2. The highest BCUT2D eigenvalue weighted by atomic mass is 32.2. The van der Waals surface area contributed by atoms with Gasteiger partial charge in [-0.2, -0.15) is 0 Å². The lowest BCUT2D eigenvalue weighted by molar-refractivity contribution is -0.127. The van der Waals surface area contributed by atoms with Crippen LogP contribution in [0.3, 0.4) is 0 Å². The first-order valence-electron chi connectivity index (χ1n) is 15.9. The Bertz CT molecular complexity index is 1360. The molecule has 0 aliphatic heterocycles. The van der Waals surface area contributed by atoms with Crippen molar-refractivity contribution < 1.29 is 27.8 Å². The van der Waals surface area contributed by atoms with Gasteiger partial charge in [-0.15, -0.1) is 0 Å². The van der Waals surface area contributed by atoms with Gasteiger partial charge in [0.15, 0.2) is 6.10 Å². The molecule has 0 aliphatic carbocycles. The summed E-state index contributed by atoms with van der Waals surface area (Å²) in [5, 5.41) is 9.50. The van der Waals surface area contributed by atoms with E-state index in [-0.39, 0.29) is 27.6 Å². The molecule has 3 N–H and O–H groups in total. The zero-order chi connectivity index (χ0) is 31.8. The second-order valence-corrected chi connectivity index (χ2v) is 13.1. The first-order valence-corrected chi connectivity index (χ1v) is 17.3. The fourth-order valence-corrected chi connectivity index (χ4v) is 6.12. The van der Waals surface area contributed by atoms with Crippen LogP contribution in [0.4, 0.5) is 5.69 Å². The molecule has 2 atom stereocenters. The molecular weight excluding hydrogens is 576 g/mol. The third kappa shape index (κ3) is 11.4. The zero-order valence-electron chi connectivity index (χ0n) is 26.3. The average molecular weight is 625 g/mol. The van der Waals surface area contributed by atoms with Crippen LogP contribution in [0.15, 0.2) is 82.6 Å². The number of anilines is 1. The normalized spacial score (nSPS) is 12.7. The van der Waals surface area contributed by atoms with Crippen LogP contribution in [0.1, 0.15) is 91.4 Å². The minimum Gasteiger partial charge on any atom is -0.508 e. The number of hydrogen-bond acceptors (Lipinski definition) is 7. The first kappa shape index (κ1) is 34.8. The van der Waals surface area contributed by atoms with Crippen LogP contribution in [-0.2, 0) is 14.6 Å². The average Bonchev–Trinajstić information content (AvgIpc) is 3.02. The van der Waals surface area contributed by atoms with Crippen molar-refractivity contribution in [3.05, 3.63) is 72.8 Å². The lowest BCUT2D eigenvalue weighted by Gasteiger charge is -2.20. The predicted octanol–water partition coefficient (Wildman–Crippen LogP) is 8.21. The van der Waals surface area contributed by atoms with E-state index in [4.69, 9.17) is 9.47 Å². The van der Waals surface area contributed by atoms with E-state index in [9.17, 15) is 18.3 Å². The van der Waals surface area contributed by atoms with Crippen LogP contribution >= 0.6 is 0 Å². The summed E-state index contributed by atoms with van der Waals surface area (Å²) in [4.78, 5) is 13.4. The van der Waals surface area contributed by atoms with E-state index in [1.165, 1.54) is 68.5 Å². The summed E-state index contributed by atoms with van der Waals surface area (Å²) in [7, 11) is -3.76. The van der Waals surface area contributed by atoms with Crippen molar-refractivity contribution in [2.45, 2.75) is 113 Å². The number of hydrogen-bond donors (Lipinski definition) is 3. The first-order chi connectivity index (χ1) is 21.2. The van der Waals surface area contributed by atoms with E-state index in [0.717, 1.165) is 37.9 Å². The standard InChI is InChI=1S/C35H48N2O6S/c1-4-6-7-8-9-10-11-12-14-34(35(39)37-36-28-15-19-30(20-16-28)42-27(3)13-5-2)43-31-21-25-33(26-22-31)44(40,41)32-23-17-29(38)18-24-32/h15-27,34,36,38H,4-14H2,1-3H3,(H,37,39). The molecule has 0 spiro atoms. The maximum atomic E-state index is 13.2. The summed E-state index contributed by atoms with van der Waals surface area (Å²) in [6.07, 6.45) is 11.1. The molecule has 2 unspecified atom stereocenters. The number of ether oxygens (including phenoxy) is 2.